The summed E-state index contributed by atoms with van der Waals surface area (Å²) in [5.41, 5.74) is 0.0191. The summed E-state index contributed by atoms with van der Waals surface area (Å²) in [5, 5.41) is 5.40. The fraction of sp³-hybridized carbons (Fsp3) is 0.571. The summed E-state index contributed by atoms with van der Waals surface area (Å²) in [6, 6.07) is 2.26. The Hall–Kier alpha value is -1.69. The van der Waals surface area contributed by atoms with Gasteiger partial charge in [0.15, 0.2) is 11.6 Å². The van der Waals surface area contributed by atoms with Crippen molar-refractivity contribution < 1.29 is 9.18 Å². The molecule has 1 atom stereocenters. The summed E-state index contributed by atoms with van der Waals surface area (Å²) in [7, 11) is 3.63. The van der Waals surface area contributed by atoms with Gasteiger partial charge in [-0.3, -0.25) is 9.69 Å². The summed E-state index contributed by atoms with van der Waals surface area (Å²) < 4.78 is 13.9. The number of nitrogens with one attached hydrogen (secondary N) is 2. The van der Waals surface area contributed by atoms with Crippen molar-refractivity contribution in [2.75, 3.05) is 26.0 Å². The Morgan fingerprint density at radius 2 is 2.30 bits per heavy atom. The average molecular weight is 280 g/mol. The molecule has 110 valence electrons. The molecule has 0 bridgehead atoms. The van der Waals surface area contributed by atoms with Gasteiger partial charge in [-0.15, -0.1) is 0 Å². The third-order valence-corrected chi connectivity index (χ3v) is 3.75. The van der Waals surface area contributed by atoms with E-state index in [9.17, 15) is 9.18 Å². The zero-order valence-electron chi connectivity index (χ0n) is 12.1. The largest absolute Gasteiger partial charge is 0.371 e. The molecule has 1 unspecified atom stereocenters. The Morgan fingerprint density at radius 1 is 1.60 bits per heavy atom. The third kappa shape index (κ3) is 3.25. The third-order valence-electron chi connectivity index (χ3n) is 3.75. The van der Waals surface area contributed by atoms with Gasteiger partial charge in [-0.2, -0.15) is 0 Å². The molecule has 0 saturated heterocycles. The molecule has 0 aromatic carbocycles. The number of likely N-dealkylation sites (N-methyl/N-ethyl adjacent to an activating group) is 1. The monoisotopic (exact) mass is 280 g/mol. The van der Waals surface area contributed by atoms with E-state index in [1.165, 1.54) is 25.1 Å². The van der Waals surface area contributed by atoms with Gasteiger partial charge in [0.1, 0.15) is 0 Å². The standard InChI is InChI=1S/C14H21FN4O/c1-9(19(3)10-4-5-10)8-18-14(20)11-6-7-17-13(16-2)12(11)15/h6-7,9-10H,4-5,8H2,1-3H3,(H,16,17)(H,18,20). The number of hydrogen-bond acceptors (Lipinski definition) is 4. The molecule has 1 aromatic rings. The quantitative estimate of drug-likeness (QED) is 0.828. The van der Waals surface area contributed by atoms with Crippen molar-refractivity contribution in [3.63, 3.8) is 0 Å². The maximum atomic E-state index is 13.9. The molecule has 1 aromatic heterocycles. The Morgan fingerprint density at radius 3 is 2.90 bits per heavy atom. The maximum Gasteiger partial charge on any atom is 0.254 e. The van der Waals surface area contributed by atoms with Gasteiger partial charge in [0.2, 0.25) is 0 Å². The highest BCUT2D eigenvalue weighted by Gasteiger charge is 2.29. The molecular formula is C14H21FN4O. The number of anilines is 1. The van der Waals surface area contributed by atoms with Crippen LogP contribution in [0.1, 0.15) is 30.1 Å². The lowest BCUT2D eigenvalue weighted by molar-refractivity contribution is 0.0935. The van der Waals surface area contributed by atoms with Crippen LogP contribution in [-0.2, 0) is 0 Å². The van der Waals surface area contributed by atoms with Crippen LogP contribution in [0, 0.1) is 5.82 Å². The second-order valence-corrected chi connectivity index (χ2v) is 5.23. The molecular weight excluding hydrogens is 259 g/mol. The van der Waals surface area contributed by atoms with Gasteiger partial charge >= 0.3 is 0 Å². The minimum Gasteiger partial charge on any atom is -0.371 e. The molecule has 2 rings (SSSR count). The van der Waals surface area contributed by atoms with Crippen molar-refractivity contribution in [3.8, 4) is 0 Å². The van der Waals surface area contributed by atoms with E-state index in [2.05, 4.69) is 34.5 Å². The van der Waals surface area contributed by atoms with Crippen LogP contribution in [0.3, 0.4) is 0 Å². The number of rotatable bonds is 6. The molecule has 0 spiro atoms. The lowest BCUT2D eigenvalue weighted by Crippen LogP contribution is -2.41. The predicted molar refractivity (Wildman–Crippen MR) is 76.3 cm³/mol. The van der Waals surface area contributed by atoms with Gasteiger partial charge in [-0.1, -0.05) is 0 Å². The molecule has 0 aliphatic heterocycles. The van der Waals surface area contributed by atoms with Crippen LogP contribution in [0.5, 0.6) is 0 Å². The SMILES string of the molecule is CNc1nccc(C(=O)NCC(C)N(C)C2CC2)c1F. The van der Waals surface area contributed by atoms with E-state index >= 15 is 0 Å². The van der Waals surface area contributed by atoms with E-state index < -0.39 is 11.7 Å². The number of amides is 1. The van der Waals surface area contributed by atoms with Crippen LogP contribution >= 0.6 is 0 Å². The van der Waals surface area contributed by atoms with Crippen molar-refractivity contribution in [1.29, 1.82) is 0 Å². The highest BCUT2D eigenvalue weighted by Crippen LogP contribution is 2.26. The van der Waals surface area contributed by atoms with Crippen LogP contribution in [-0.4, -0.2) is 48.5 Å². The fourth-order valence-electron chi connectivity index (χ4n) is 2.11. The molecule has 6 heteroatoms. The highest BCUT2D eigenvalue weighted by molar-refractivity contribution is 5.95. The van der Waals surface area contributed by atoms with E-state index in [0.717, 1.165) is 0 Å². The van der Waals surface area contributed by atoms with E-state index in [-0.39, 0.29) is 17.4 Å². The van der Waals surface area contributed by atoms with Crippen LogP contribution in [0.25, 0.3) is 0 Å². The first-order valence-corrected chi connectivity index (χ1v) is 6.87. The molecule has 5 nitrogen and oxygen atoms in total. The summed E-state index contributed by atoms with van der Waals surface area (Å²) >= 11 is 0. The summed E-state index contributed by atoms with van der Waals surface area (Å²) in [4.78, 5) is 18.1. The first-order valence-electron chi connectivity index (χ1n) is 6.87. The smallest absolute Gasteiger partial charge is 0.254 e. The van der Waals surface area contributed by atoms with Crippen molar-refractivity contribution in [3.05, 3.63) is 23.6 Å². The second kappa shape index (κ2) is 6.17. The second-order valence-electron chi connectivity index (χ2n) is 5.23. The zero-order chi connectivity index (χ0) is 14.7. The van der Waals surface area contributed by atoms with Crippen LogP contribution in [0.4, 0.5) is 10.2 Å². The topological polar surface area (TPSA) is 57.3 Å². The van der Waals surface area contributed by atoms with Gasteiger partial charge in [0.25, 0.3) is 5.91 Å². The van der Waals surface area contributed by atoms with Crippen LogP contribution < -0.4 is 10.6 Å². The first-order chi connectivity index (χ1) is 9.54. The molecule has 1 heterocycles. The first kappa shape index (κ1) is 14.7. The molecule has 1 amide bonds. The lowest BCUT2D eigenvalue weighted by atomic mass is 10.2. The van der Waals surface area contributed by atoms with E-state index in [1.807, 2.05) is 0 Å². The van der Waals surface area contributed by atoms with Crippen molar-refractivity contribution >= 4 is 11.7 Å². The Labute approximate surface area is 118 Å². The predicted octanol–water partition coefficient (Wildman–Crippen LogP) is 1.47. The van der Waals surface area contributed by atoms with Crippen LogP contribution in [0.2, 0.25) is 0 Å². The zero-order valence-corrected chi connectivity index (χ0v) is 12.1. The van der Waals surface area contributed by atoms with Gasteiger partial charge in [-0.25, -0.2) is 9.37 Å². The van der Waals surface area contributed by atoms with Crippen molar-refractivity contribution in [2.45, 2.75) is 31.8 Å². The number of hydrogen-bond donors (Lipinski definition) is 2. The Balaban J connectivity index is 1.94. The Bertz CT molecular complexity index is 490. The van der Waals surface area contributed by atoms with E-state index in [1.54, 1.807) is 7.05 Å². The number of pyridine rings is 1. The summed E-state index contributed by atoms with van der Waals surface area (Å²) in [5.74, 6) is -0.936. The average Bonchev–Trinajstić information content (AvgIpc) is 3.28. The summed E-state index contributed by atoms with van der Waals surface area (Å²) in [6.07, 6.45) is 3.86. The van der Waals surface area contributed by atoms with E-state index in [0.29, 0.717) is 12.6 Å². The molecule has 20 heavy (non-hydrogen) atoms. The van der Waals surface area contributed by atoms with Gasteiger partial charge in [0.05, 0.1) is 5.56 Å². The lowest BCUT2D eigenvalue weighted by Gasteiger charge is -2.24. The molecule has 0 radical (unpaired) electrons. The molecule has 1 saturated carbocycles. The number of halogens is 1. The maximum absolute atomic E-state index is 13.9. The number of aromatic nitrogens is 1. The normalized spacial score (nSPS) is 16.1. The van der Waals surface area contributed by atoms with Crippen LogP contribution in [0.15, 0.2) is 12.3 Å². The molecule has 2 N–H and O–H groups in total. The minimum absolute atomic E-state index is 0.0191. The highest BCUT2D eigenvalue weighted by atomic mass is 19.1. The Kier molecular flexibility index (Phi) is 4.54. The van der Waals surface area contributed by atoms with E-state index in [4.69, 9.17) is 0 Å². The van der Waals surface area contributed by atoms with Gasteiger partial charge < -0.3 is 10.6 Å². The van der Waals surface area contributed by atoms with Crippen molar-refractivity contribution in [2.24, 2.45) is 0 Å². The number of nitrogens with zero attached hydrogens (tertiary/aromatic N) is 2. The number of carbonyl (C=O) groups is 1. The summed E-state index contributed by atoms with van der Waals surface area (Å²) in [6.45, 7) is 2.56. The van der Waals surface area contributed by atoms with Crippen molar-refractivity contribution in [1.82, 2.24) is 15.2 Å². The van der Waals surface area contributed by atoms with Gasteiger partial charge in [0, 0.05) is 31.9 Å². The fourth-order valence-corrected chi connectivity index (χ4v) is 2.11. The van der Waals surface area contributed by atoms with Gasteiger partial charge in [-0.05, 0) is 32.9 Å². The molecule has 1 aliphatic rings. The molecule has 1 fully saturated rings. The minimum atomic E-state index is -0.615. The number of carbonyl (C=O) groups excluding carboxylic acids is 1. The molecule has 1 aliphatic carbocycles.